The van der Waals surface area contributed by atoms with E-state index in [9.17, 15) is 9.90 Å². The van der Waals surface area contributed by atoms with Gasteiger partial charge >= 0.3 is 0 Å². The predicted octanol–water partition coefficient (Wildman–Crippen LogP) is 4.06. The van der Waals surface area contributed by atoms with Crippen molar-refractivity contribution >= 4 is 44.0 Å². The van der Waals surface area contributed by atoms with Crippen molar-refractivity contribution in [2.24, 2.45) is 5.10 Å². The lowest BCUT2D eigenvalue weighted by molar-refractivity contribution is -0.123. The van der Waals surface area contributed by atoms with Crippen LogP contribution in [0.5, 0.6) is 11.5 Å². The van der Waals surface area contributed by atoms with Crippen LogP contribution in [0.3, 0.4) is 0 Å². The molecule has 126 valence electrons. The molecular weight excluding hydrogens is 440 g/mol. The maximum Gasteiger partial charge on any atom is 0.277 e. The maximum atomic E-state index is 11.8. The van der Waals surface area contributed by atoms with Crippen LogP contribution in [0.2, 0.25) is 0 Å². The summed E-state index contributed by atoms with van der Waals surface area (Å²) in [5.74, 6) is 0.392. The van der Waals surface area contributed by atoms with Gasteiger partial charge in [0, 0.05) is 10.0 Å². The number of phenols is 1. The summed E-state index contributed by atoms with van der Waals surface area (Å²) < 4.78 is 6.80. The molecule has 0 aliphatic heterocycles. The molecule has 2 N–H and O–H groups in total. The highest BCUT2D eigenvalue weighted by atomic mass is 79.9. The van der Waals surface area contributed by atoms with Gasteiger partial charge in [-0.1, -0.05) is 28.1 Å². The first-order chi connectivity index (χ1) is 11.4. The molecule has 24 heavy (non-hydrogen) atoms. The number of carbonyl (C=O) groups excluding carboxylic acids is 1. The van der Waals surface area contributed by atoms with Gasteiger partial charge < -0.3 is 9.84 Å². The zero-order valence-corrected chi connectivity index (χ0v) is 16.3. The summed E-state index contributed by atoms with van der Waals surface area (Å²) in [4.78, 5) is 11.8. The largest absolute Gasteiger partial charge is 0.507 e. The molecule has 0 aromatic heterocycles. The number of nitrogens with one attached hydrogen (secondary N) is 1. The third-order valence-electron chi connectivity index (χ3n) is 3.37. The molecule has 0 radical (unpaired) electrons. The van der Waals surface area contributed by atoms with Gasteiger partial charge in [-0.3, -0.25) is 4.79 Å². The number of hydrazone groups is 1. The van der Waals surface area contributed by atoms with Gasteiger partial charge in [0.15, 0.2) is 6.61 Å². The molecule has 0 unspecified atom stereocenters. The fourth-order valence-electron chi connectivity index (χ4n) is 1.88. The molecule has 5 nitrogen and oxygen atoms in total. The number of ether oxygens (including phenoxy) is 1. The molecule has 0 saturated heterocycles. The Bertz CT molecular complexity index is 792. The minimum atomic E-state index is -0.371. The van der Waals surface area contributed by atoms with Crippen LogP contribution in [0.25, 0.3) is 0 Å². The van der Waals surface area contributed by atoms with Gasteiger partial charge in [-0.15, -0.1) is 0 Å². The van der Waals surface area contributed by atoms with Crippen LogP contribution < -0.4 is 10.2 Å². The molecule has 2 aromatic carbocycles. The third kappa shape index (κ3) is 4.82. The highest BCUT2D eigenvalue weighted by Gasteiger charge is 2.06. The second kappa shape index (κ2) is 8.30. The second-order valence-electron chi connectivity index (χ2n) is 5.11. The Kier molecular flexibility index (Phi) is 6.39. The van der Waals surface area contributed by atoms with Crippen molar-refractivity contribution in [3.63, 3.8) is 0 Å². The first-order valence-electron chi connectivity index (χ1n) is 7.07. The molecule has 0 heterocycles. The van der Waals surface area contributed by atoms with Gasteiger partial charge in [-0.2, -0.15) is 5.10 Å². The number of carbonyl (C=O) groups is 1. The summed E-state index contributed by atoms with van der Waals surface area (Å²) in [5, 5.41) is 13.5. The Morgan fingerprint density at radius 1 is 1.29 bits per heavy atom. The van der Waals surface area contributed by atoms with Gasteiger partial charge in [-0.25, -0.2) is 5.43 Å². The van der Waals surface area contributed by atoms with Crippen LogP contribution in [-0.4, -0.2) is 23.8 Å². The summed E-state index contributed by atoms with van der Waals surface area (Å²) in [5.41, 5.74) is 5.12. The van der Waals surface area contributed by atoms with Crippen LogP contribution >= 0.6 is 31.9 Å². The SMILES string of the molecule is Cc1cccc(OCC(=O)N/N=C/c2cc(O)c(Br)cc2Br)c1C. The highest BCUT2D eigenvalue weighted by molar-refractivity contribution is 9.11. The van der Waals surface area contributed by atoms with E-state index >= 15 is 0 Å². The van der Waals surface area contributed by atoms with E-state index in [1.807, 2.05) is 32.0 Å². The zero-order chi connectivity index (χ0) is 17.7. The van der Waals surface area contributed by atoms with Crippen LogP contribution in [-0.2, 0) is 4.79 Å². The van der Waals surface area contributed by atoms with Crippen molar-refractivity contribution < 1.29 is 14.6 Å². The lowest BCUT2D eigenvalue weighted by atomic mass is 10.1. The predicted molar refractivity (Wildman–Crippen MR) is 101 cm³/mol. The second-order valence-corrected chi connectivity index (χ2v) is 6.81. The summed E-state index contributed by atoms with van der Waals surface area (Å²) in [6.07, 6.45) is 1.44. The topological polar surface area (TPSA) is 70.9 Å². The van der Waals surface area contributed by atoms with Crippen molar-refractivity contribution in [2.45, 2.75) is 13.8 Å². The molecule has 0 spiro atoms. The average molecular weight is 456 g/mol. The Labute approximate surface area is 157 Å². The van der Waals surface area contributed by atoms with Crippen LogP contribution in [0.4, 0.5) is 0 Å². The zero-order valence-electron chi connectivity index (χ0n) is 13.1. The number of rotatable bonds is 5. The van der Waals surface area contributed by atoms with Crippen molar-refractivity contribution in [3.8, 4) is 11.5 Å². The molecule has 2 aromatic rings. The first-order valence-corrected chi connectivity index (χ1v) is 8.66. The van der Waals surface area contributed by atoms with Crippen LogP contribution in [0, 0.1) is 13.8 Å². The molecule has 0 aliphatic carbocycles. The highest BCUT2D eigenvalue weighted by Crippen LogP contribution is 2.29. The van der Waals surface area contributed by atoms with Gasteiger partial charge in [0.2, 0.25) is 0 Å². The van der Waals surface area contributed by atoms with Crippen molar-refractivity contribution in [1.29, 1.82) is 0 Å². The third-order valence-corrected chi connectivity index (χ3v) is 4.69. The number of amides is 1. The molecule has 0 aliphatic rings. The smallest absolute Gasteiger partial charge is 0.277 e. The van der Waals surface area contributed by atoms with Crippen molar-refractivity contribution in [2.75, 3.05) is 6.61 Å². The number of benzene rings is 2. The summed E-state index contributed by atoms with van der Waals surface area (Å²) in [7, 11) is 0. The van der Waals surface area contributed by atoms with E-state index in [0.29, 0.717) is 15.8 Å². The van der Waals surface area contributed by atoms with E-state index in [1.54, 1.807) is 6.07 Å². The number of phenolic OH excluding ortho intramolecular Hbond substituents is 1. The maximum absolute atomic E-state index is 11.8. The van der Waals surface area contributed by atoms with E-state index in [-0.39, 0.29) is 18.3 Å². The van der Waals surface area contributed by atoms with Crippen molar-refractivity contribution in [3.05, 3.63) is 56.0 Å². The monoisotopic (exact) mass is 454 g/mol. The molecule has 1 amide bonds. The molecular formula is C17H16Br2N2O3. The summed E-state index contributed by atoms with van der Waals surface area (Å²) in [6, 6.07) is 8.91. The number of hydrogen-bond acceptors (Lipinski definition) is 4. The van der Waals surface area contributed by atoms with Crippen LogP contribution in [0.15, 0.2) is 44.4 Å². The number of aryl methyl sites for hydroxylation is 1. The number of nitrogens with zero attached hydrogens (tertiary/aromatic N) is 1. The molecule has 2 rings (SSSR count). The number of hydrogen-bond donors (Lipinski definition) is 2. The quantitative estimate of drug-likeness (QED) is 0.527. The van der Waals surface area contributed by atoms with E-state index in [4.69, 9.17) is 4.74 Å². The van der Waals surface area contributed by atoms with E-state index < -0.39 is 0 Å². The Morgan fingerprint density at radius 3 is 2.79 bits per heavy atom. The van der Waals surface area contributed by atoms with Crippen LogP contribution in [0.1, 0.15) is 16.7 Å². The fourth-order valence-corrected chi connectivity index (χ4v) is 2.98. The van der Waals surface area contributed by atoms with Crippen molar-refractivity contribution in [1.82, 2.24) is 5.43 Å². The first kappa shape index (κ1) is 18.5. The lowest BCUT2D eigenvalue weighted by Gasteiger charge is -2.09. The molecule has 7 heteroatoms. The van der Waals surface area contributed by atoms with E-state index in [1.165, 1.54) is 12.3 Å². The van der Waals surface area contributed by atoms with Gasteiger partial charge in [0.1, 0.15) is 11.5 Å². The minimum Gasteiger partial charge on any atom is -0.507 e. The molecule has 0 atom stereocenters. The van der Waals surface area contributed by atoms with E-state index in [0.717, 1.165) is 15.6 Å². The molecule has 0 fully saturated rings. The van der Waals surface area contributed by atoms with E-state index in [2.05, 4.69) is 42.4 Å². The minimum absolute atomic E-state index is 0.0873. The Hall–Kier alpha value is -1.86. The Morgan fingerprint density at radius 2 is 2.04 bits per heavy atom. The van der Waals surface area contributed by atoms with Gasteiger partial charge in [-0.05, 0) is 59.1 Å². The standard InChI is InChI=1S/C17H16Br2N2O3/c1-10-4-3-5-16(11(10)2)24-9-17(23)21-20-8-12-6-15(22)14(19)7-13(12)18/h3-8,22H,9H2,1-2H3,(H,21,23)/b20-8+. The molecule has 0 saturated carbocycles. The summed E-state index contributed by atoms with van der Waals surface area (Å²) >= 11 is 6.57. The molecule has 0 bridgehead atoms. The average Bonchev–Trinajstić information content (AvgIpc) is 2.53. The lowest BCUT2D eigenvalue weighted by Crippen LogP contribution is -2.24. The van der Waals surface area contributed by atoms with Gasteiger partial charge in [0.25, 0.3) is 5.91 Å². The van der Waals surface area contributed by atoms with Gasteiger partial charge in [0.05, 0.1) is 10.7 Å². The number of aromatic hydroxyl groups is 1. The normalized spacial score (nSPS) is 10.8. The fraction of sp³-hybridized carbons (Fsp3) is 0.176. The number of halogens is 2. The summed E-state index contributed by atoms with van der Waals surface area (Å²) in [6.45, 7) is 3.80. The Balaban J connectivity index is 1.91.